The molecule has 1 aromatic carbocycles. The van der Waals surface area contributed by atoms with E-state index in [1.165, 1.54) is 0 Å². The zero-order valence-corrected chi connectivity index (χ0v) is 13.7. The number of carbonyl (C=O) groups excluding carboxylic acids is 1. The number of halogens is 1. The second-order valence-corrected chi connectivity index (χ2v) is 7.15. The van der Waals surface area contributed by atoms with Crippen LogP contribution >= 0.6 is 15.9 Å². The van der Waals surface area contributed by atoms with E-state index in [2.05, 4.69) is 21.2 Å². The van der Waals surface area contributed by atoms with Gasteiger partial charge in [-0.25, -0.2) is 0 Å². The average molecular weight is 339 g/mol. The van der Waals surface area contributed by atoms with E-state index in [1.54, 1.807) is 0 Å². The predicted octanol–water partition coefficient (Wildman–Crippen LogP) is 3.32. The number of benzene rings is 1. The molecular formula is C16H23BrN2O. The molecule has 0 saturated heterocycles. The van der Waals surface area contributed by atoms with Gasteiger partial charge in [0.25, 0.3) is 0 Å². The SMILES string of the molecule is CC(C)(NC(=O)C1CCC(N)CC1)c1ccc(Br)cc1. The third-order valence-corrected chi connectivity index (χ3v) is 4.67. The fourth-order valence-electron chi connectivity index (χ4n) is 2.73. The highest BCUT2D eigenvalue weighted by atomic mass is 79.9. The molecule has 1 saturated carbocycles. The minimum absolute atomic E-state index is 0.115. The van der Waals surface area contributed by atoms with E-state index in [4.69, 9.17) is 5.73 Å². The van der Waals surface area contributed by atoms with Gasteiger partial charge in [-0.2, -0.15) is 0 Å². The van der Waals surface area contributed by atoms with Crippen molar-refractivity contribution >= 4 is 21.8 Å². The molecule has 110 valence electrons. The first-order chi connectivity index (χ1) is 9.38. The van der Waals surface area contributed by atoms with E-state index in [0.29, 0.717) is 0 Å². The molecule has 0 atom stereocenters. The van der Waals surface area contributed by atoms with Crippen LogP contribution in [-0.2, 0) is 10.3 Å². The quantitative estimate of drug-likeness (QED) is 0.888. The number of amides is 1. The van der Waals surface area contributed by atoms with Crippen LogP contribution in [0.5, 0.6) is 0 Å². The monoisotopic (exact) mass is 338 g/mol. The summed E-state index contributed by atoms with van der Waals surface area (Å²) < 4.78 is 1.05. The standard InChI is InChI=1S/C16H23BrN2O/c1-16(2,12-5-7-13(17)8-6-12)19-15(20)11-3-9-14(18)10-4-11/h5-8,11,14H,3-4,9-10,18H2,1-2H3,(H,19,20). The molecule has 0 radical (unpaired) electrons. The van der Waals surface area contributed by atoms with Gasteiger partial charge in [0.1, 0.15) is 0 Å². The molecule has 0 aliphatic heterocycles. The highest BCUT2D eigenvalue weighted by Crippen LogP contribution is 2.27. The number of nitrogens with two attached hydrogens (primary N) is 1. The Balaban J connectivity index is 2.00. The van der Waals surface area contributed by atoms with Gasteiger partial charge in [-0.15, -0.1) is 0 Å². The summed E-state index contributed by atoms with van der Waals surface area (Å²) in [6.07, 6.45) is 3.72. The van der Waals surface area contributed by atoms with Crippen LogP contribution in [0.1, 0.15) is 45.1 Å². The van der Waals surface area contributed by atoms with Gasteiger partial charge in [-0.3, -0.25) is 4.79 Å². The van der Waals surface area contributed by atoms with Gasteiger partial charge in [-0.05, 0) is 57.2 Å². The van der Waals surface area contributed by atoms with E-state index >= 15 is 0 Å². The fraction of sp³-hybridized carbons (Fsp3) is 0.562. The number of hydrogen-bond donors (Lipinski definition) is 2. The molecule has 1 amide bonds. The number of rotatable bonds is 3. The third kappa shape index (κ3) is 3.83. The van der Waals surface area contributed by atoms with Crippen LogP contribution in [0.15, 0.2) is 28.7 Å². The van der Waals surface area contributed by atoms with E-state index < -0.39 is 0 Å². The van der Waals surface area contributed by atoms with Gasteiger partial charge in [0.05, 0.1) is 5.54 Å². The Morgan fingerprint density at radius 3 is 2.30 bits per heavy atom. The highest BCUT2D eigenvalue weighted by Gasteiger charge is 2.29. The molecule has 0 unspecified atom stereocenters. The highest BCUT2D eigenvalue weighted by molar-refractivity contribution is 9.10. The van der Waals surface area contributed by atoms with Crippen LogP contribution in [-0.4, -0.2) is 11.9 Å². The molecule has 3 nitrogen and oxygen atoms in total. The molecule has 1 aliphatic rings. The van der Waals surface area contributed by atoms with Gasteiger partial charge in [0.15, 0.2) is 0 Å². The molecule has 0 aromatic heterocycles. The lowest BCUT2D eigenvalue weighted by molar-refractivity contribution is -0.127. The third-order valence-electron chi connectivity index (χ3n) is 4.14. The first kappa shape index (κ1) is 15.5. The predicted molar refractivity (Wildman–Crippen MR) is 85.2 cm³/mol. The number of hydrogen-bond acceptors (Lipinski definition) is 2. The minimum atomic E-state index is -0.350. The van der Waals surface area contributed by atoms with Crippen LogP contribution in [0.3, 0.4) is 0 Å². The van der Waals surface area contributed by atoms with Crippen LogP contribution in [0.2, 0.25) is 0 Å². The van der Waals surface area contributed by atoms with Crippen molar-refractivity contribution in [3.05, 3.63) is 34.3 Å². The minimum Gasteiger partial charge on any atom is -0.347 e. The van der Waals surface area contributed by atoms with Crippen LogP contribution in [0.25, 0.3) is 0 Å². The molecule has 2 rings (SSSR count). The van der Waals surface area contributed by atoms with Crippen LogP contribution < -0.4 is 11.1 Å². The molecule has 4 heteroatoms. The Labute approximate surface area is 129 Å². The molecule has 1 aliphatic carbocycles. The summed E-state index contributed by atoms with van der Waals surface area (Å²) in [7, 11) is 0. The smallest absolute Gasteiger partial charge is 0.223 e. The van der Waals surface area contributed by atoms with E-state index in [1.807, 2.05) is 38.1 Å². The van der Waals surface area contributed by atoms with Crippen molar-refractivity contribution in [2.45, 2.75) is 51.1 Å². The second-order valence-electron chi connectivity index (χ2n) is 6.23. The topological polar surface area (TPSA) is 55.1 Å². The lowest BCUT2D eigenvalue weighted by Crippen LogP contribution is -2.45. The van der Waals surface area contributed by atoms with Gasteiger partial charge >= 0.3 is 0 Å². The summed E-state index contributed by atoms with van der Waals surface area (Å²) in [4.78, 5) is 12.4. The first-order valence-electron chi connectivity index (χ1n) is 7.22. The Bertz CT molecular complexity index is 462. The first-order valence-corrected chi connectivity index (χ1v) is 8.01. The molecule has 0 heterocycles. The summed E-state index contributed by atoms with van der Waals surface area (Å²) in [5.74, 6) is 0.273. The Morgan fingerprint density at radius 1 is 1.20 bits per heavy atom. The zero-order valence-electron chi connectivity index (χ0n) is 12.2. The molecule has 3 N–H and O–H groups in total. The van der Waals surface area contributed by atoms with Crippen molar-refractivity contribution in [2.24, 2.45) is 11.7 Å². The summed E-state index contributed by atoms with van der Waals surface area (Å²) in [6.45, 7) is 4.09. The number of nitrogens with one attached hydrogen (secondary N) is 1. The molecule has 1 aromatic rings. The van der Waals surface area contributed by atoms with Crippen molar-refractivity contribution in [3.8, 4) is 0 Å². The molecule has 20 heavy (non-hydrogen) atoms. The summed E-state index contributed by atoms with van der Waals surface area (Å²) in [5.41, 5.74) is 6.66. The molecule has 0 bridgehead atoms. The lowest BCUT2D eigenvalue weighted by Gasteiger charge is -2.31. The van der Waals surface area contributed by atoms with Crippen molar-refractivity contribution in [1.29, 1.82) is 0 Å². The second kappa shape index (κ2) is 6.27. The largest absolute Gasteiger partial charge is 0.347 e. The van der Waals surface area contributed by atoms with Crippen molar-refractivity contribution < 1.29 is 4.79 Å². The lowest BCUT2D eigenvalue weighted by atomic mass is 9.84. The summed E-state index contributed by atoms with van der Waals surface area (Å²) in [6, 6.07) is 8.37. The molecular weight excluding hydrogens is 316 g/mol. The van der Waals surface area contributed by atoms with Gasteiger partial charge in [0.2, 0.25) is 5.91 Å². The molecule has 1 fully saturated rings. The maximum atomic E-state index is 12.4. The van der Waals surface area contributed by atoms with Gasteiger partial charge in [-0.1, -0.05) is 28.1 Å². The Hall–Kier alpha value is -0.870. The van der Waals surface area contributed by atoms with Gasteiger partial charge < -0.3 is 11.1 Å². The normalized spacial score (nSPS) is 23.4. The van der Waals surface area contributed by atoms with E-state index in [-0.39, 0.29) is 23.4 Å². The maximum Gasteiger partial charge on any atom is 0.223 e. The van der Waals surface area contributed by atoms with Crippen molar-refractivity contribution in [2.75, 3.05) is 0 Å². The van der Waals surface area contributed by atoms with Crippen molar-refractivity contribution in [1.82, 2.24) is 5.32 Å². The van der Waals surface area contributed by atoms with Crippen LogP contribution in [0.4, 0.5) is 0 Å². The Morgan fingerprint density at radius 2 is 1.75 bits per heavy atom. The zero-order chi connectivity index (χ0) is 14.8. The summed E-state index contributed by atoms with van der Waals surface area (Å²) >= 11 is 3.43. The average Bonchev–Trinajstić information content (AvgIpc) is 2.39. The Kier molecular flexibility index (Phi) is 4.86. The van der Waals surface area contributed by atoms with Gasteiger partial charge in [0, 0.05) is 16.4 Å². The summed E-state index contributed by atoms with van der Waals surface area (Å²) in [5, 5.41) is 3.18. The number of carbonyl (C=O) groups is 1. The van der Waals surface area contributed by atoms with Crippen LogP contribution in [0, 0.1) is 5.92 Å². The fourth-order valence-corrected chi connectivity index (χ4v) is 2.99. The maximum absolute atomic E-state index is 12.4. The van der Waals surface area contributed by atoms with E-state index in [9.17, 15) is 4.79 Å². The van der Waals surface area contributed by atoms with E-state index in [0.717, 1.165) is 35.7 Å². The van der Waals surface area contributed by atoms with Crippen molar-refractivity contribution in [3.63, 3.8) is 0 Å². The molecule has 0 spiro atoms.